The molecule has 3 rings (SSSR count). The topological polar surface area (TPSA) is 72.9 Å². The molecule has 28 heavy (non-hydrogen) atoms. The second-order valence-corrected chi connectivity index (χ2v) is 8.22. The van der Waals surface area contributed by atoms with Gasteiger partial charge in [-0.2, -0.15) is 0 Å². The van der Waals surface area contributed by atoms with Crippen molar-refractivity contribution in [3.05, 3.63) is 72.4 Å². The maximum absolute atomic E-state index is 13.2. The molecule has 0 saturated heterocycles. The number of benzene rings is 2. The van der Waals surface area contributed by atoms with Crippen molar-refractivity contribution >= 4 is 16.0 Å². The van der Waals surface area contributed by atoms with E-state index in [9.17, 15) is 13.2 Å². The molecule has 6 nitrogen and oxygen atoms in total. The van der Waals surface area contributed by atoms with Crippen molar-refractivity contribution in [3.63, 3.8) is 0 Å². The highest BCUT2D eigenvalue weighted by molar-refractivity contribution is 7.89. The number of sulfonamides is 1. The first-order valence-corrected chi connectivity index (χ1v) is 10.5. The number of hydrogen-bond acceptors (Lipinski definition) is 5. The standard InChI is InChI=1S/C21H23NO5S/c1-3-27-21(23)17-13-14-22(28(24,25)19-7-5-4-6-8-19)20(15-17)16-9-11-18(26-2)12-10-16/h4-14,17,20H,3,15H2,1-2H3/t17-,20+/m0/s1. The number of ether oxygens (including phenoxy) is 2. The Morgan fingerprint density at radius 1 is 1.11 bits per heavy atom. The summed E-state index contributed by atoms with van der Waals surface area (Å²) >= 11 is 0. The van der Waals surface area contributed by atoms with Crippen LogP contribution in [0.15, 0.2) is 71.8 Å². The van der Waals surface area contributed by atoms with Gasteiger partial charge < -0.3 is 9.47 Å². The fraction of sp³-hybridized carbons (Fsp3) is 0.286. The van der Waals surface area contributed by atoms with Gasteiger partial charge in [-0.15, -0.1) is 0 Å². The van der Waals surface area contributed by atoms with Crippen LogP contribution < -0.4 is 4.74 Å². The Balaban J connectivity index is 2.01. The second-order valence-electron chi connectivity index (χ2n) is 6.37. The minimum absolute atomic E-state index is 0.202. The summed E-state index contributed by atoms with van der Waals surface area (Å²) in [4.78, 5) is 12.4. The van der Waals surface area contributed by atoms with Crippen LogP contribution in [0.4, 0.5) is 0 Å². The molecule has 0 fully saturated rings. The summed E-state index contributed by atoms with van der Waals surface area (Å²) in [5.74, 6) is -0.183. The maximum atomic E-state index is 13.2. The van der Waals surface area contributed by atoms with Crippen molar-refractivity contribution in [3.8, 4) is 5.75 Å². The van der Waals surface area contributed by atoms with Crippen LogP contribution in [0.1, 0.15) is 24.9 Å². The summed E-state index contributed by atoms with van der Waals surface area (Å²) in [6.07, 6.45) is 3.37. The smallest absolute Gasteiger partial charge is 0.312 e. The van der Waals surface area contributed by atoms with E-state index < -0.39 is 22.0 Å². The van der Waals surface area contributed by atoms with Gasteiger partial charge in [-0.25, -0.2) is 8.42 Å². The number of nitrogens with zero attached hydrogens (tertiary/aromatic N) is 1. The summed E-state index contributed by atoms with van der Waals surface area (Å²) in [6, 6.07) is 14.9. The zero-order valence-corrected chi connectivity index (χ0v) is 16.6. The first-order chi connectivity index (χ1) is 13.5. The molecule has 0 N–H and O–H groups in total. The average Bonchev–Trinajstić information content (AvgIpc) is 2.74. The van der Waals surface area contributed by atoms with Crippen molar-refractivity contribution in [2.75, 3.05) is 13.7 Å². The summed E-state index contributed by atoms with van der Waals surface area (Å²) < 4.78 is 38.1. The van der Waals surface area contributed by atoms with Crippen molar-refractivity contribution in [1.82, 2.24) is 4.31 Å². The van der Waals surface area contributed by atoms with Gasteiger partial charge in [-0.05, 0) is 43.2 Å². The molecule has 148 valence electrons. The van der Waals surface area contributed by atoms with E-state index in [2.05, 4.69) is 0 Å². The first-order valence-electron chi connectivity index (χ1n) is 9.05. The Hall–Kier alpha value is -2.80. The number of methoxy groups -OCH3 is 1. The van der Waals surface area contributed by atoms with E-state index >= 15 is 0 Å². The Kier molecular flexibility index (Phi) is 6.04. The van der Waals surface area contributed by atoms with Gasteiger partial charge in [0.1, 0.15) is 5.75 Å². The lowest BCUT2D eigenvalue weighted by molar-refractivity contribution is -0.147. The molecule has 2 aromatic carbocycles. The predicted molar refractivity (Wildman–Crippen MR) is 105 cm³/mol. The fourth-order valence-corrected chi connectivity index (χ4v) is 4.73. The quantitative estimate of drug-likeness (QED) is 0.693. The third kappa shape index (κ3) is 4.04. The van der Waals surface area contributed by atoms with Crippen molar-refractivity contribution < 1.29 is 22.7 Å². The van der Waals surface area contributed by atoms with Crippen LogP contribution >= 0.6 is 0 Å². The van der Waals surface area contributed by atoms with E-state index in [1.807, 2.05) is 12.1 Å². The monoisotopic (exact) mass is 401 g/mol. The molecule has 2 atom stereocenters. The molecule has 0 amide bonds. The molecule has 0 spiro atoms. The SMILES string of the molecule is CCOC(=O)[C@H]1C=CN(S(=O)(=O)c2ccccc2)[C@@H](c2ccc(OC)cc2)C1. The lowest BCUT2D eigenvalue weighted by atomic mass is 9.92. The van der Waals surface area contributed by atoms with Gasteiger partial charge in [-0.3, -0.25) is 9.10 Å². The number of carbonyl (C=O) groups excluding carboxylic acids is 1. The molecule has 1 aliphatic heterocycles. The second kappa shape index (κ2) is 8.48. The van der Waals surface area contributed by atoms with E-state index in [0.29, 0.717) is 12.2 Å². The summed E-state index contributed by atoms with van der Waals surface area (Å²) in [6.45, 7) is 2.03. The molecule has 0 saturated carbocycles. The highest BCUT2D eigenvalue weighted by Crippen LogP contribution is 2.37. The number of esters is 1. The molecule has 2 aromatic rings. The van der Waals surface area contributed by atoms with Crippen LogP contribution in [0.25, 0.3) is 0 Å². The van der Waals surface area contributed by atoms with Crippen LogP contribution in [0, 0.1) is 5.92 Å². The highest BCUT2D eigenvalue weighted by Gasteiger charge is 2.36. The summed E-state index contributed by atoms with van der Waals surface area (Å²) in [5, 5.41) is 0. The van der Waals surface area contributed by atoms with Crippen LogP contribution in [0.5, 0.6) is 5.75 Å². The van der Waals surface area contributed by atoms with Crippen LogP contribution in [0.3, 0.4) is 0 Å². The Morgan fingerprint density at radius 2 is 1.79 bits per heavy atom. The molecule has 0 unspecified atom stereocenters. The molecule has 1 aliphatic rings. The third-order valence-electron chi connectivity index (χ3n) is 4.66. The fourth-order valence-electron chi connectivity index (χ4n) is 3.21. The van der Waals surface area contributed by atoms with Gasteiger partial charge in [0.2, 0.25) is 0 Å². The molecule has 0 aliphatic carbocycles. The lowest BCUT2D eigenvalue weighted by Crippen LogP contribution is -2.36. The Morgan fingerprint density at radius 3 is 2.39 bits per heavy atom. The van der Waals surface area contributed by atoms with E-state index in [1.54, 1.807) is 62.6 Å². The molecular weight excluding hydrogens is 378 g/mol. The lowest BCUT2D eigenvalue weighted by Gasteiger charge is -2.35. The van der Waals surface area contributed by atoms with Crippen molar-refractivity contribution in [2.24, 2.45) is 5.92 Å². The zero-order valence-electron chi connectivity index (χ0n) is 15.8. The van der Waals surface area contributed by atoms with Crippen molar-refractivity contribution in [2.45, 2.75) is 24.3 Å². The molecule has 0 radical (unpaired) electrons. The average molecular weight is 401 g/mol. The Labute approximate surface area is 165 Å². The van der Waals surface area contributed by atoms with Gasteiger partial charge in [-0.1, -0.05) is 36.4 Å². The molecule has 0 aromatic heterocycles. The van der Waals surface area contributed by atoms with Gasteiger partial charge in [0.05, 0.1) is 30.6 Å². The van der Waals surface area contributed by atoms with Crippen molar-refractivity contribution in [1.29, 1.82) is 0 Å². The maximum Gasteiger partial charge on any atom is 0.312 e. The molecular formula is C21H23NO5S. The van der Waals surface area contributed by atoms with E-state index in [1.165, 1.54) is 10.5 Å². The predicted octanol–water partition coefficient (Wildman–Crippen LogP) is 3.52. The van der Waals surface area contributed by atoms with Gasteiger partial charge in [0, 0.05) is 6.20 Å². The van der Waals surface area contributed by atoms with Gasteiger partial charge >= 0.3 is 5.97 Å². The zero-order chi connectivity index (χ0) is 20.1. The minimum atomic E-state index is -3.77. The minimum Gasteiger partial charge on any atom is -0.497 e. The number of rotatable bonds is 6. The molecule has 7 heteroatoms. The highest BCUT2D eigenvalue weighted by atomic mass is 32.2. The van der Waals surface area contributed by atoms with E-state index in [4.69, 9.17) is 9.47 Å². The number of carbonyl (C=O) groups is 1. The normalized spacial score (nSPS) is 19.3. The summed E-state index contributed by atoms with van der Waals surface area (Å²) in [7, 11) is -2.20. The van der Waals surface area contributed by atoms with E-state index in [0.717, 1.165) is 5.56 Å². The van der Waals surface area contributed by atoms with Gasteiger partial charge in [0.25, 0.3) is 10.0 Å². The van der Waals surface area contributed by atoms with Gasteiger partial charge in [0.15, 0.2) is 0 Å². The van der Waals surface area contributed by atoms with Crippen LogP contribution in [-0.4, -0.2) is 32.4 Å². The first kappa shape index (κ1) is 19.9. The molecule has 0 bridgehead atoms. The molecule has 1 heterocycles. The van der Waals surface area contributed by atoms with Crippen LogP contribution in [0.2, 0.25) is 0 Å². The summed E-state index contributed by atoms with van der Waals surface area (Å²) in [5.41, 5.74) is 0.777. The third-order valence-corrected chi connectivity index (χ3v) is 6.46. The van der Waals surface area contributed by atoms with Crippen LogP contribution in [-0.2, 0) is 19.6 Å². The number of hydrogen-bond donors (Lipinski definition) is 0. The van der Waals surface area contributed by atoms with E-state index in [-0.39, 0.29) is 17.5 Å². The Bertz CT molecular complexity index is 939. The largest absolute Gasteiger partial charge is 0.497 e.